The van der Waals surface area contributed by atoms with Gasteiger partial charge < -0.3 is 5.32 Å². The molecule has 1 aromatic heterocycles. The van der Waals surface area contributed by atoms with Crippen LogP contribution in [-0.4, -0.2) is 26.4 Å². The Kier molecular flexibility index (Phi) is 5.06. The van der Waals surface area contributed by atoms with Crippen molar-refractivity contribution in [2.24, 2.45) is 0 Å². The third-order valence-corrected chi connectivity index (χ3v) is 6.16. The third kappa shape index (κ3) is 4.09. The number of benzene rings is 2. The standard InChI is InChI=1S/C20H19BrN4OS/c1-14-2-8-17(9-3-14)25-13-22-24-19(25)27-12-18(26)23-20(10-11-20)15-4-6-16(21)7-5-15/h2-9,13H,10-12H2,1H3,(H,23,26). The van der Waals surface area contributed by atoms with Gasteiger partial charge in [0, 0.05) is 10.2 Å². The molecule has 0 bridgehead atoms. The van der Waals surface area contributed by atoms with Gasteiger partial charge in [0.25, 0.3) is 0 Å². The van der Waals surface area contributed by atoms with E-state index < -0.39 is 0 Å². The average Bonchev–Trinajstić information content (AvgIpc) is 3.28. The van der Waals surface area contributed by atoms with Crippen LogP contribution < -0.4 is 5.32 Å². The van der Waals surface area contributed by atoms with Crippen molar-refractivity contribution in [3.05, 3.63) is 70.5 Å². The van der Waals surface area contributed by atoms with Crippen LogP contribution in [0, 0.1) is 6.92 Å². The Morgan fingerprint density at radius 2 is 1.89 bits per heavy atom. The van der Waals surface area contributed by atoms with Crippen LogP contribution in [0.5, 0.6) is 0 Å². The number of carbonyl (C=O) groups is 1. The molecule has 1 saturated carbocycles. The number of nitrogens with zero attached hydrogens (tertiary/aromatic N) is 3. The highest BCUT2D eigenvalue weighted by Crippen LogP contribution is 2.45. The van der Waals surface area contributed by atoms with Gasteiger partial charge in [-0.2, -0.15) is 0 Å². The summed E-state index contributed by atoms with van der Waals surface area (Å²) in [4.78, 5) is 12.5. The van der Waals surface area contributed by atoms with Crippen LogP contribution in [0.3, 0.4) is 0 Å². The molecule has 27 heavy (non-hydrogen) atoms. The lowest BCUT2D eigenvalue weighted by Gasteiger charge is -2.18. The predicted molar refractivity (Wildman–Crippen MR) is 110 cm³/mol. The molecule has 1 amide bonds. The van der Waals surface area contributed by atoms with Crippen molar-refractivity contribution in [1.29, 1.82) is 0 Å². The number of halogens is 1. The van der Waals surface area contributed by atoms with E-state index in [9.17, 15) is 4.79 Å². The first-order valence-electron chi connectivity index (χ1n) is 8.73. The molecule has 0 atom stereocenters. The van der Waals surface area contributed by atoms with Crippen LogP contribution >= 0.6 is 27.7 Å². The van der Waals surface area contributed by atoms with Gasteiger partial charge in [0.1, 0.15) is 6.33 Å². The number of hydrogen-bond acceptors (Lipinski definition) is 4. The van der Waals surface area contributed by atoms with Crippen LogP contribution in [-0.2, 0) is 10.3 Å². The molecule has 5 nitrogen and oxygen atoms in total. The van der Waals surface area contributed by atoms with E-state index in [1.165, 1.54) is 17.3 Å². The summed E-state index contributed by atoms with van der Waals surface area (Å²) in [5.41, 5.74) is 3.14. The highest BCUT2D eigenvalue weighted by Gasteiger charge is 2.45. The number of aromatic nitrogens is 3. The minimum atomic E-state index is -0.205. The van der Waals surface area contributed by atoms with Crippen molar-refractivity contribution >= 4 is 33.6 Å². The topological polar surface area (TPSA) is 59.8 Å². The van der Waals surface area contributed by atoms with Crippen molar-refractivity contribution in [3.8, 4) is 5.69 Å². The number of hydrogen-bond donors (Lipinski definition) is 1. The maximum absolute atomic E-state index is 12.5. The third-order valence-electron chi connectivity index (χ3n) is 4.69. The van der Waals surface area contributed by atoms with Crippen LogP contribution in [0.2, 0.25) is 0 Å². The van der Waals surface area contributed by atoms with Gasteiger partial charge in [-0.05, 0) is 49.6 Å². The molecule has 2 aromatic carbocycles. The van der Waals surface area contributed by atoms with Gasteiger partial charge in [-0.3, -0.25) is 9.36 Å². The molecule has 3 aromatic rings. The number of carbonyl (C=O) groups excluding carboxylic acids is 1. The Bertz CT molecular complexity index is 949. The molecule has 4 rings (SSSR count). The zero-order valence-corrected chi connectivity index (χ0v) is 17.3. The Morgan fingerprint density at radius 1 is 1.19 bits per heavy atom. The van der Waals surface area contributed by atoms with Crippen LogP contribution in [0.25, 0.3) is 5.69 Å². The summed E-state index contributed by atoms with van der Waals surface area (Å²) in [7, 11) is 0. The largest absolute Gasteiger partial charge is 0.346 e. The SMILES string of the molecule is Cc1ccc(-n2cnnc2SCC(=O)NC2(c3ccc(Br)cc3)CC2)cc1. The lowest BCUT2D eigenvalue weighted by Crippen LogP contribution is -2.36. The van der Waals surface area contributed by atoms with Crippen LogP contribution in [0.4, 0.5) is 0 Å². The second-order valence-electron chi connectivity index (χ2n) is 6.74. The minimum absolute atomic E-state index is 0.0128. The molecule has 0 saturated heterocycles. The van der Waals surface area contributed by atoms with E-state index in [1.54, 1.807) is 6.33 Å². The number of thioether (sulfide) groups is 1. The zero-order chi connectivity index (χ0) is 18.9. The molecule has 0 aliphatic heterocycles. The van der Waals surface area contributed by atoms with Gasteiger partial charge >= 0.3 is 0 Å². The molecule has 7 heteroatoms. The van der Waals surface area contributed by atoms with Crippen molar-refractivity contribution < 1.29 is 4.79 Å². The second-order valence-corrected chi connectivity index (χ2v) is 8.60. The molecule has 0 unspecified atom stereocenters. The number of rotatable bonds is 6. The summed E-state index contributed by atoms with van der Waals surface area (Å²) in [5, 5.41) is 12.1. The van der Waals surface area contributed by atoms with E-state index in [4.69, 9.17) is 0 Å². The minimum Gasteiger partial charge on any atom is -0.346 e. The normalized spacial score (nSPS) is 14.7. The van der Waals surface area contributed by atoms with Crippen molar-refractivity contribution in [1.82, 2.24) is 20.1 Å². The fraction of sp³-hybridized carbons (Fsp3) is 0.250. The van der Waals surface area contributed by atoms with E-state index in [1.807, 2.05) is 41.0 Å². The first kappa shape index (κ1) is 18.3. The van der Waals surface area contributed by atoms with Crippen LogP contribution in [0.1, 0.15) is 24.0 Å². The Morgan fingerprint density at radius 3 is 2.56 bits per heavy atom. The van der Waals surface area contributed by atoms with Gasteiger partial charge in [0.15, 0.2) is 5.16 Å². The molecule has 1 N–H and O–H groups in total. The quantitative estimate of drug-likeness (QED) is 0.580. The zero-order valence-electron chi connectivity index (χ0n) is 14.9. The molecular weight excluding hydrogens is 424 g/mol. The van der Waals surface area contributed by atoms with E-state index >= 15 is 0 Å². The summed E-state index contributed by atoms with van der Waals surface area (Å²) in [6, 6.07) is 16.3. The molecule has 138 valence electrons. The van der Waals surface area contributed by atoms with Gasteiger partial charge in [-0.25, -0.2) is 0 Å². The van der Waals surface area contributed by atoms with Crippen molar-refractivity contribution in [2.45, 2.75) is 30.5 Å². The number of aryl methyl sites for hydroxylation is 1. The highest BCUT2D eigenvalue weighted by molar-refractivity contribution is 9.10. The highest BCUT2D eigenvalue weighted by atomic mass is 79.9. The van der Waals surface area contributed by atoms with E-state index in [0.717, 1.165) is 28.6 Å². The summed E-state index contributed by atoms with van der Waals surface area (Å²) < 4.78 is 2.94. The molecule has 1 aliphatic carbocycles. The number of amides is 1. The molecule has 0 radical (unpaired) electrons. The Balaban J connectivity index is 1.40. The Labute approximate surface area is 170 Å². The molecule has 1 fully saturated rings. The summed E-state index contributed by atoms with van der Waals surface area (Å²) in [6.45, 7) is 2.05. The van der Waals surface area contributed by atoms with Crippen molar-refractivity contribution in [2.75, 3.05) is 5.75 Å². The molecule has 0 spiro atoms. The fourth-order valence-corrected chi connectivity index (χ4v) is 4.01. The van der Waals surface area contributed by atoms with E-state index in [0.29, 0.717) is 10.9 Å². The number of nitrogens with one attached hydrogen (secondary N) is 1. The molecule has 1 aliphatic rings. The second kappa shape index (κ2) is 7.48. The van der Waals surface area contributed by atoms with Gasteiger partial charge in [-0.1, -0.05) is 57.5 Å². The van der Waals surface area contributed by atoms with Crippen LogP contribution in [0.15, 0.2) is 64.5 Å². The first-order chi connectivity index (χ1) is 13.1. The molecular formula is C20H19BrN4OS. The van der Waals surface area contributed by atoms with Crippen molar-refractivity contribution in [3.63, 3.8) is 0 Å². The van der Waals surface area contributed by atoms with E-state index in [2.05, 4.69) is 50.5 Å². The monoisotopic (exact) mass is 442 g/mol. The average molecular weight is 443 g/mol. The Hall–Kier alpha value is -2.12. The maximum atomic E-state index is 12.5. The maximum Gasteiger partial charge on any atom is 0.231 e. The van der Waals surface area contributed by atoms with Gasteiger partial charge in [0.2, 0.25) is 5.91 Å². The molecule has 1 heterocycles. The smallest absolute Gasteiger partial charge is 0.231 e. The van der Waals surface area contributed by atoms with E-state index in [-0.39, 0.29) is 11.4 Å². The van der Waals surface area contributed by atoms with Gasteiger partial charge in [0.05, 0.1) is 11.3 Å². The first-order valence-corrected chi connectivity index (χ1v) is 10.5. The summed E-state index contributed by atoms with van der Waals surface area (Å²) in [5.74, 6) is 0.321. The lowest BCUT2D eigenvalue weighted by molar-refractivity contribution is -0.119. The summed E-state index contributed by atoms with van der Waals surface area (Å²) >= 11 is 4.85. The lowest BCUT2D eigenvalue weighted by atomic mass is 10.1. The fourth-order valence-electron chi connectivity index (χ4n) is 3.02. The predicted octanol–water partition coefficient (Wildman–Crippen LogP) is 4.24. The van der Waals surface area contributed by atoms with Gasteiger partial charge in [-0.15, -0.1) is 10.2 Å². The summed E-state index contributed by atoms with van der Waals surface area (Å²) in [6.07, 6.45) is 3.63.